The van der Waals surface area contributed by atoms with Gasteiger partial charge in [-0.2, -0.15) is 4.98 Å². The van der Waals surface area contributed by atoms with Crippen molar-refractivity contribution in [2.75, 3.05) is 5.32 Å². The maximum Gasteiger partial charge on any atom is 0.226 e. The molecule has 3 rings (SSSR count). The Morgan fingerprint density at radius 3 is 2.55 bits per heavy atom. The normalized spacial score (nSPS) is 32.5. The summed E-state index contributed by atoms with van der Waals surface area (Å²) in [4.78, 5) is 8.78. The Morgan fingerprint density at radius 1 is 1.09 bits per heavy atom. The summed E-state index contributed by atoms with van der Waals surface area (Å²) < 4.78 is 6.02. The van der Waals surface area contributed by atoms with E-state index in [-0.39, 0.29) is 6.10 Å². The number of hydrogen-bond acceptors (Lipinski definition) is 5. The highest BCUT2D eigenvalue weighted by Crippen LogP contribution is 2.27. The van der Waals surface area contributed by atoms with Gasteiger partial charge in [-0.3, -0.25) is 0 Å². The third-order valence-electron chi connectivity index (χ3n) is 4.91. The van der Waals surface area contributed by atoms with E-state index in [1.165, 1.54) is 12.8 Å². The lowest BCUT2D eigenvalue weighted by Gasteiger charge is -2.27. The Hall–Kier alpha value is -1.36. The van der Waals surface area contributed by atoms with Crippen LogP contribution >= 0.6 is 0 Å². The van der Waals surface area contributed by atoms with Gasteiger partial charge in [0.05, 0.1) is 6.10 Å². The molecule has 1 aromatic heterocycles. The van der Waals surface area contributed by atoms with Gasteiger partial charge in [0.25, 0.3) is 0 Å². The van der Waals surface area contributed by atoms with Gasteiger partial charge in [0.15, 0.2) is 0 Å². The maximum absolute atomic E-state index is 9.56. The summed E-state index contributed by atoms with van der Waals surface area (Å²) in [6, 6.07) is 2.20. The number of aromatic nitrogens is 2. The molecule has 1 aromatic rings. The second-order valence-corrected chi connectivity index (χ2v) is 6.87. The molecular weight excluding hydrogens is 278 g/mol. The molecule has 2 aliphatic rings. The minimum Gasteiger partial charge on any atom is -0.474 e. The van der Waals surface area contributed by atoms with Crippen molar-refractivity contribution < 1.29 is 9.84 Å². The molecule has 5 heteroatoms. The first kappa shape index (κ1) is 15.5. The van der Waals surface area contributed by atoms with E-state index in [2.05, 4.69) is 22.2 Å². The van der Waals surface area contributed by atoms with Crippen molar-refractivity contribution in [3.05, 3.63) is 12.3 Å². The predicted octanol–water partition coefficient (Wildman–Crippen LogP) is 3.15. The number of hydrogen-bond donors (Lipinski definition) is 2. The molecule has 0 spiro atoms. The van der Waals surface area contributed by atoms with Crippen molar-refractivity contribution in [3.63, 3.8) is 0 Å². The Balaban J connectivity index is 1.53. The summed E-state index contributed by atoms with van der Waals surface area (Å²) in [5.41, 5.74) is 0. The molecule has 0 aromatic carbocycles. The van der Waals surface area contributed by atoms with E-state index in [9.17, 15) is 5.11 Å². The van der Waals surface area contributed by atoms with Gasteiger partial charge >= 0.3 is 0 Å². The number of anilines is 1. The smallest absolute Gasteiger partial charge is 0.226 e. The fourth-order valence-corrected chi connectivity index (χ4v) is 3.40. The topological polar surface area (TPSA) is 67.3 Å². The lowest BCUT2D eigenvalue weighted by atomic mass is 9.89. The summed E-state index contributed by atoms with van der Waals surface area (Å²) >= 11 is 0. The number of ether oxygens (including phenoxy) is 1. The summed E-state index contributed by atoms with van der Waals surface area (Å²) in [6.45, 7) is 2.31. The highest BCUT2D eigenvalue weighted by molar-refractivity contribution is 5.29. The zero-order chi connectivity index (χ0) is 15.4. The molecule has 2 aliphatic carbocycles. The Bertz CT molecular complexity index is 427. The monoisotopic (exact) mass is 305 g/mol. The number of nitrogens with zero attached hydrogens (tertiary/aromatic N) is 2. The molecule has 0 saturated heterocycles. The molecule has 0 aliphatic heterocycles. The van der Waals surface area contributed by atoms with Gasteiger partial charge < -0.3 is 15.2 Å². The number of nitrogens with one attached hydrogen (secondary N) is 1. The van der Waals surface area contributed by atoms with Crippen molar-refractivity contribution in [2.24, 2.45) is 5.92 Å². The molecule has 1 heterocycles. The maximum atomic E-state index is 9.56. The Kier molecular flexibility index (Phi) is 5.13. The Labute approximate surface area is 132 Å². The summed E-state index contributed by atoms with van der Waals surface area (Å²) in [5, 5.41) is 12.9. The van der Waals surface area contributed by atoms with Crippen molar-refractivity contribution in [3.8, 4) is 5.88 Å². The molecule has 22 heavy (non-hydrogen) atoms. The highest BCUT2D eigenvalue weighted by Gasteiger charge is 2.21. The van der Waals surface area contributed by atoms with E-state index >= 15 is 0 Å². The van der Waals surface area contributed by atoms with Crippen molar-refractivity contribution in [1.29, 1.82) is 0 Å². The van der Waals surface area contributed by atoms with E-state index in [0.717, 1.165) is 44.4 Å². The largest absolute Gasteiger partial charge is 0.474 e. The van der Waals surface area contributed by atoms with Crippen molar-refractivity contribution >= 4 is 5.95 Å². The van der Waals surface area contributed by atoms with Crippen LogP contribution in [0.2, 0.25) is 0 Å². The number of aliphatic hydroxyl groups is 1. The van der Waals surface area contributed by atoms with Gasteiger partial charge in [-0.25, -0.2) is 4.98 Å². The van der Waals surface area contributed by atoms with Crippen LogP contribution in [0.4, 0.5) is 5.95 Å². The molecule has 122 valence electrons. The van der Waals surface area contributed by atoms with Crippen LogP contribution in [-0.4, -0.2) is 33.3 Å². The van der Waals surface area contributed by atoms with Crippen LogP contribution in [0.1, 0.15) is 58.3 Å². The minimum atomic E-state index is -0.137. The van der Waals surface area contributed by atoms with E-state index < -0.39 is 0 Å². The molecule has 0 radical (unpaired) electrons. The zero-order valence-corrected chi connectivity index (χ0v) is 13.4. The molecule has 2 N–H and O–H groups in total. The van der Waals surface area contributed by atoms with Crippen LogP contribution in [0.5, 0.6) is 5.88 Å². The van der Waals surface area contributed by atoms with Crippen LogP contribution in [0.25, 0.3) is 0 Å². The van der Waals surface area contributed by atoms with Gasteiger partial charge in [-0.1, -0.05) is 6.92 Å². The third-order valence-corrected chi connectivity index (χ3v) is 4.91. The van der Waals surface area contributed by atoms with Gasteiger partial charge in [0, 0.05) is 18.3 Å². The summed E-state index contributed by atoms with van der Waals surface area (Å²) in [6.07, 6.45) is 10.3. The van der Waals surface area contributed by atoms with E-state index in [4.69, 9.17) is 4.74 Å². The summed E-state index contributed by atoms with van der Waals surface area (Å²) in [7, 11) is 0. The number of rotatable bonds is 4. The molecule has 0 atom stereocenters. The fraction of sp³-hybridized carbons (Fsp3) is 0.765. The first-order valence-corrected chi connectivity index (χ1v) is 8.63. The molecule has 0 amide bonds. The summed E-state index contributed by atoms with van der Waals surface area (Å²) in [5.74, 6) is 2.14. The van der Waals surface area contributed by atoms with Gasteiger partial charge in [0.1, 0.15) is 6.10 Å². The first-order valence-electron chi connectivity index (χ1n) is 8.63. The van der Waals surface area contributed by atoms with E-state index in [1.807, 2.05) is 6.07 Å². The molecule has 0 bridgehead atoms. The average molecular weight is 305 g/mol. The first-order chi connectivity index (χ1) is 10.7. The van der Waals surface area contributed by atoms with Crippen molar-refractivity contribution in [2.45, 2.75) is 76.5 Å². The fourth-order valence-electron chi connectivity index (χ4n) is 3.40. The standard InChI is InChI=1S/C17H27N3O2/c1-12-2-8-15(9-3-12)22-16-10-11-18-17(20-16)19-13-4-6-14(21)7-5-13/h10-15,21H,2-9H2,1H3,(H,18,19,20). The van der Waals surface area contributed by atoms with Crippen LogP contribution in [0.3, 0.4) is 0 Å². The van der Waals surface area contributed by atoms with E-state index in [1.54, 1.807) is 6.20 Å². The SMILES string of the molecule is CC1CCC(Oc2ccnc(NC3CCC(O)CC3)n2)CC1. The van der Waals surface area contributed by atoms with Crippen molar-refractivity contribution in [1.82, 2.24) is 9.97 Å². The van der Waals surface area contributed by atoms with Gasteiger partial charge in [-0.15, -0.1) is 0 Å². The predicted molar refractivity (Wildman–Crippen MR) is 86.0 cm³/mol. The average Bonchev–Trinajstić information content (AvgIpc) is 2.52. The van der Waals surface area contributed by atoms with Crippen LogP contribution in [0.15, 0.2) is 12.3 Å². The molecule has 2 fully saturated rings. The third kappa shape index (κ3) is 4.32. The molecular formula is C17H27N3O2. The van der Waals surface area contributed by atoms with Crippen LogP contribution in [0, 0.1) is 5.92 Å². The number of aliphatic hydroxyl groups excluding tert-OH is 1. The quantitative estimate of drug-likeness (QED) is 0.894. The second-order valence-electron chi connectivity index (χ2n) is 6.87. The highest BCUT2D eigenvalue weighted by atomic mass is 16.5. The van der Waals surface area contributed by atoms with Crippen LogP contribution in [-0.2, 0) is 0 Å². The zero-order valence-electron chi connectivity index (χ0n) is 13.4. The molecule has 0 unspecified atom stereocenters. The lowest BCUT2D eigenvalue weighted by molar-refractivity contribution is 0.125. The van der Waals surface area contributed by atoms with Gasteiger partial charge in [0.2, 0.25) is 11.8 Å². The molecule has 2 saturated carbocycles. The second kappa shape index (κ2) is 7.27. The Morgan fingerprint density at radius 2 is 1.82 bits per heavy atom. The van der Waals surface area contributed by atoms with Crippen LogP contribution < -0.4 is 10.1 Å². The molecule has 5 nitrogen and oxygen atoms in total. The minimum absolute atomic E-state index is 0.137. The lowest BCUT2D eigenvalue weighted by Crippen LogP contribution is -2.29. The van der Waals surface area contributed by atoms with E-state index in [0.29, 0.717) is 24.0 Å². The van der Waals surface area contributed by atoms with Gasteiger partial charge in [-0.05, 0) is 57.3 Å².